The van der Waals surface area contributed by atoms with Crippen molar-refractivity contribution in [3.63, 3.8) is 0 Å². The van der Waals surface area contributed by atoms with Gasteiger partial charge in [0, 0.05) is 12.2 Å². The number of benzene rings is 3. The fraction of sp³-hybridized carbons (Fsp3) is 0.182. The molecular formula is C22H19NO3. The first-order valence-corrected chi connectivity index (χ1v) is 8.73. The number of nitrogens with zero attached hydrogens (tertiary/aromatic N) is 1. The molecule has 0 radical (unpaired) electrons. The molecule has 0 spiro atoms. The Morgan fingerprint density at radius 3 is 2.58 bits per heavy atom. The summed E-state index contributed by atoms with van der Waals surface area (Å²) in [5.41, 5.74) is 2.53. The second kappa shape index (κ2) is 6.64. The maximum absolute atomic E-state index is 12.8. The van der Waals surface area contributed by atoms with Gasteiger partial charge in [0.2, 0.25) is 0 Å². The van der Waals surface area contributed by atoms with E-state index in [1.165, 1.54) is 0 Å². The van der Waals surface area contributed by atoms with E-state index in [9.17, 15) is 9.59 Å². The summed E-state index contributed by atoms with van der Waals surface area (Å²) in [4.78, 5) is 27.1. The van der Waals surface area contributed by atoms with Gasteiger partial charge >= 0.3 is 5.97 Å². The second-order valence-corrected chi connectivity index (χ2v) is 6.44. The zero-order chi connectivity index (χ0) is 18.1. The number of hydrogen-bond acceptors (Lipinski definition) is 3. The topological polar surface area (TPSA) is 46.6 Å². The van der Waals surface area contributed by atoms with Gasteiger partial charge in [-0.25, -0.2) is 4.79 Å². The number of anilines is 1. The summed E-state index contributed by atoms with van der Waals surface area (Å²) in [6.45, 7) is 2.25. The zero-order valence-corrected chi connectivity index (χ0v) is 14.5. The van der Waals surface area contributed by atoms with Crippen molar-refractivity contribution in [3.05, 3.63) is 77.9 Å². The van der Waals surface area contributed by atoms with Crippen LogP contribution in [-0.4, -0.2) is 24.5 Å². The van der Waals surface area contributed by atoms with Gasteiger partial charge in [-0.3, -0.25) is 4.79 Å². The highest BCUT2D eigenvalue weighted by molar-refractivity contribution is 6.06. The van der Waals surface area contributed by atoms with E-state index in [-0.39, 0.29) is 5.91 Å². The van der Waals surface area contributed by atoms with Gasteiger partial charge in [-0.15, -0.1) is 0 Å². The van der Waals surface area contributed by atoms with Crippen LogP contribution in [0.3, 0.4) is 0 Å². The van der Waals surface area contributed by atoms with Crippen LogP contribution in [0.1, 0.15) is 22.8 Å². The molecule has 0 saturated carbocycles. The van der Waals surface area contributed by atoms with Crippen molar-refractivity contribution >= 4 is 28.3 Å². The fourth-order valence-electron chi connectivity index (χ4n) is 3.46. The van der Waals surface area contributed by atoms with Crippen LogP contribution < -0.4 is 4.90 Å². The highest BCUT2D eigenvalue weighted by Crippen LogP contribution is 2.28. The number of amides is 1. The minimum atomic E-state index is -0.840. The van der Waals surface area contributed by atoms with E-state index >= 15 is 0 Å². The standard InChI is InChI=1S/C22H19NO3/c1-15(21(24)23-14-13-17-8-3-5-12-20(17)23)26-22(25)19-11-6-9-16-7-2-4-10-18(16)19/h2-12,15H,13-14H2,1H3/t15-/m0/s1. The third-order valence-electron chi connectivity index (χ3n) is 4.79. The summed E-state index contributed by atoms with van der Waals surface area (Å²) in [6, 6.07) is 21.0. The van der Waals surface area contributed by atoms with Gasteiger partial charge in [0.25, 0.3) is 5.91 Å². The smallest absolute Gasteiger partial charge is 0.339 e. The molecule has 3 aromatic carbocycles. The first-order valence-electron chi connectivity index (χ1n) is 8.73. The quantitative estimate of drug-likeness (QED) is 0.675. The molecule has 0 aromatic heterocycles. The lowest BCUT2D eigenvalue weighted by atomic mass is 10.0. The Morgan fingerprint density at radius 2 is 1.69 bits per heavy atom. The lowest BCUT2D eigenvalue weighted by Gasteiger charge is -2.22. The van der Waals surface area contributed by atoms with Gasteiger partial charge in [-0.2, -0.15) is 0 Å². The molecule has 4 rings (SSSR count). The molecule has 26 heavy (non-hydrogen) atoms. The molecule has 0 bridgehead atoms. The van der Waals surface area contributed by atoms with Crippen LogP contribution in [0.2, 0.25) is 0 Å². The summed E-state index contributed by atoms with van der Waals surface area (Å²) in [5.74, 6) is -0.668. The summed E-state index contributed by atoms with van der Waals surface area (Å²) < 4.78 is 5.50. The predicted molar refractivity (Wildman–Crippen MR) is 101 cm³/mol. The highest BCUT2D eigenvalue weighted by atomic mass is 16.5. The summed E-state index contributed by atoms with van der Waals surface area (Å²) in [6.07, 6.45) is -0.0149. The second-order valence-electron chi connectivity index (χ2n) is 6.44. The number of esters is 1. The number of hydrogen-bond donors (Lipinski definition) is 0. The molecule has 0 aliphatic carbocycles. The van der Waals surface area contributed by atoms with E-state index in [0.29, 0.717) is 12.1 Å². The molecule has 0 unspecified atom stereocenters. The number of carbonyl (C=O) groups is 2. The van der Waals surface area contributed by atoms with Crippen molar-refractivity contribution in [2.75, 3.05) is 11.4 Å². The van der Waals surface area contributed by atoms with Gasteiger partial charge < -0.3 is 9.64 Å². The molecule has 0 N–H and O–H groups in total. The van der Waals surface area contributed by atoms with Crippen LogP contribution in [0.5, 0.6) is 0 Å². The van der Waals surface area contributed by atoms with Crippen LogP contribution >= 0.6 is 0 Å². The third kappa shape index (κ3) is 2.84. The molecule has 0 fully saturated rings. The number of carbonyl (C=O) groups excluding carboxylic acids is 2. The predicted octanol–water partition coefficient (Wildman–Crippen LogP) is 3.97. The van der Waals surface area contributed by atoms with Crippen molar-refractivity contribution in [3.8, 4) is 0 Å². The van der Waals surface area contributed by atoms with E-state index in [4.69, 9.17) is 4.74 Å². The van der Waals surface area contributed by atoms with Crippen molar-refractivity contribution in [2.45, 2.75) is 19.4 Å². The van der Waals surface area contributed by atoms with Crippen LogP contribution in [0, 0.1) is 0 Å². The van der Waals surface area contributed by atoms with Crippen molar-refractivity contribution in [2.24, 2.45) is 0 Å². The maximum Gasteiger partial charge on any atom is 0.339 e. The van der Waals surface area contributed by atoms with Gasteiger partial charge in [0.05, 0.1) is 5.56 Å². The Kier molecular flexibility index (Phi) is 4.17. The molecule has 0 saturated heterocycles. The number of fused-ring (bicyclic) bond motifs is 2. The number of rotatable bonds is 3. The van der Waals surface area contributed by atoms with E-state index in [1.54, 1.807) is 17.9 Å². The molecule has 1 heterocycles. The van der Waals surface area contributed by atoms with Gasteiger partial charge in [0.1, 0.15) is 0 Å². The van der Waals surface area contributed by atoms with Crippen molar-refractivity contribution in [1.29, 1.82) is 0 Å². The van der Waals surface area contributed by atoms with Gasteiger partial charge in [-0.1, -0.05) is 54.6 Å². The molecule has 4 heteroatoms. The first kappa shape index (κ1) is 16.3. The normalized spacial score (nSPS) is 14.1. The first-order chi connectivity index (χ1) is 12.6. The molecule has 1 aliphatic heterocycles. The number of ether oxygens (including phenoxy) is 1. The third-order valence-corrected chi connectivity index (χ3v) is 4.79. The van der Waals surface area contributed by atoms with Gasteiger partial charge in [0.15, 0.2) is 6.10 Å². The lowest BCUT2D eigenvalue weighted by molar-refractivity contribution is -0.126. The zero-order valence-electron chi connectivity index (χ0n) is 14.5. The average Bonchev–Trinajstić information content (AvgIpc) is 3.11. The van der Waals surface area contributed by atoms with Crippen LogP contribution in [0.15, 0.2) is 66.7 Å². The largest absolute Gasteiger partial charge is 0.449 e. The summed E-state index contributed by atoms with van der Waals surface area (Å²) in [7, 11) is 0. The summed E-state index contributed by atoms with van der Waals surface area (Å²) >= 11 is 0. The minimum absolute atomic E-state index is 0.191. The SMILES string of the molecule is C[C@H](OC(=O)c1cccc2ccccc12)C(=O)N1CCc2ccccc21. The lowest BCUT2D eigenvalue weighted by Crippen LogP contribution is -2.39. The monoisotopic (exact) mass is 345 g/mol. The minimum Gasteiger partial charge on any atom is -0.449 e. The van der Waals surface area contributed by atoms with Crippen LogP contribution in [0.25, 0.3) is 10.8 Å². The van der Waals surface area contributed by atoms with Gasteiger partial charge in [-0.05, 0) is 41.8 Å². The Balaban J connectivity index is 1.54. The summed E-state index contributed by atoms with van der Waals surface area (Å²) in [5, 5.41) is 1.79. The van der Waals surface area contributed by atoms with E-state index in [2.05, 4.69) is 0 Å². The Labute approximate surface area is 152 Å². The molecule has 130 valence electrons. The number of para-hydroxylation sites is 1. The Morgan fingerprint density at radius 1 is 0.962 bits per heavy atom. The Hall–Kier alpha value is -3.14. The molecular weight excluding hydrogens is 326 g/mol. The molecule has 3 aromatic rings. The molecule has 1 amide bonds. The fourth-order valence-corrected chi connectivity index (χ4v) is 3.46. The van der Waals surface area contributed by atoms with Crippen LogP contribution in [0.4, 0.5) is 5.69 Å². The van der Waals surface area contributed by atoms with E-state index < -0.39 is 12.1 Å². The average molecular weight is 345 g/mol. The maximum atomic E-state index is 12.8. The van der Waals surface area contributed by atoms with E-state index in [0.717, 1.165) is 28.4 Å². The molecule has 4 nitrogen and oxygen atoms in total. The van der Waals surface area contributed by atoms with Crippen molar-refractivity contribution in [1.82, 2.24) is 0 Å². The van der Waals surface area contributed by atoms with E-state index in [1.807, 2.05) is 60.7 Å². The highest BCUT2D eigenvalue weighted by Gasteiger charge is 2.30. The molecule has 1 atom stereocenters. The Bertz CT molecular complexity index is 990. The molecule has 1 aliphatic rings. The van der Waals surface area contributed by atoms with Crippen LogP contribution in [-0.2, 0) is 16.0 Å². The van der Waals surface area contributed by atoms with Crippen molar-refractivity contribution < 1.29 is 14.3 Å².